The zero-order chi connectivity index (χ0) is 15.1. The molecule has 120 valence electrons. The maximum absolute atomic E-state index is 10.4. The van der Waals surface area contributed by atoms with Gasteiger partial charge in [-0.25, -0.2) is 0 Å². The van der Waals surface area contributed by atoms with E-state index in [0.29, 0.717) is 24.0 Å². The quantitative estimate of drug-likeness (QED) is 0.479. The predicted molar refractivity (Wildman–Crippen MR) is 84.5 cm³/mol. The van der Waals surface area contributed by atoms with Gasteiger partial charge in [-0.3, -0.25) is 4.79 Å². The standard InChI is InChI=1S/C16H26O4S/c17-9-10-21-11-13-12(14-7-8-15(13)20-14)5-3-1-2-4-6-16(18)19/h1,3,12-15,17H,2,4-11H2,(H,18,19)/b3-1-/t12-,13+,14-,15+/m1/s1. The lowest BCUT2D eigenvalue weighted by Gasteiger charge is -2.26. The van der Waals surface area contributed by atoms with Crippen molar-refractivity contribution in [2.75, 3.05) is 18.1 Å². The molecular weight excluding hydrogens is 288 g/mol. The van der Waals surface area contributed by atoms with Gasteiger partial charge in [-0.15, -0.1) is 0 Å². The van der Waals surface area contributed by atoms with Gasteiger partial charge >= 0.3 is 5.97 Å². The number of ether oxygens (including phenoxy) is 1. The van der Waals surface area contributed by atoms with E-state index in [1.807, 2.05) is 11.8 Å². The molecule has 2 aliphatic heterocycles. The number of fused-ring (bicyclic) bond motifs is 2. The molecule has 2 aliphatic rings. The van der Waals surface area contributed by atoms with Gasteiger partial charge in [-0.05, 0) is 49.7 Å². The van der Waals surface area contributed by atoms with E-state index in [4.69, 9.17) is 14.9 Å². The molecule has 0 aromatic heterocycles. The molecule has 4 atom stereocenters. The number of aliphatic hydroxyl groups is 1. The highest BCUT2D eigenvalue weighted by Gasteiger charge is 2.47. The summed E-state index contributed by atoms with van der Waals surface area (Å²) in [5, 5.41) is 17.5. The molecule has 21 heavy (non-hydrogen) atoms. The topological polar surface area (TPSA) is 66.8 Å². The van der Waals surface area contributed by atoms with Crippen LogP contribution in [0, 0.1) is 11.8 Å². The largest absolute Gasteiger partial charge is 0.481 e. The van der Waals surface area contributed by atoms with Gasteiger partial charge in [0.2, 0.25) is 0 Å². The number of rotatable bonds is 10. The molecule has 0 unspecified atom stereocenters. The van der Waals surface area contributed by atoms with Crippen LogP contribution in [0.3, 0.4) is 0 Å². The summed E-state index contributed by atoms with van der Waals surface area (Å²) in [4.78, 5) is 10.4. The van der Waals surface area contributed by atoms with Crippen molar-refractivity contribution in [1.82, 2.24) is 0 Å². The van der Waals surface area contributed by atoms with Crippen LogP contribution in [0.5, 0.6) is 0 Å². The Morgan fingerprint density at radius 1 is 1.24 bits per heavy atom. The number of aliphatic carboxylic acids is 1. The van der Waals surface area contributed by atoms with Crippen LogP contribution < -0.4 is 0 Å². The van der Waals surface area contributed by atoms with Crippen molar-refractivity contribution in [1.29, 1.82) is 0 Å². The zero-order valence-electron chi connectivity index (χ0n) is 12.4. The first-order valence-electron chi connectivity index (χ1n) is 7.93. The summed E-state index contributed by atoms with van der Waals surface area (Å²) in [5.74, 6) is 2.39. The van der Waals surface area contributed by atoms with Gasteiger partial charge in [0.25, 0.3) is 0 Å². The van der Waals surface area contributed by atoms with E-state index in [1.54, 1.807) is 0 Å². The molecule has 2 N–H and O–H groups in total. The summed E-state index contributed by atoms with van der Waals surface area (Å²) in [6, 6.07) is 0. The van der Waals surface area contributed by atoms with Crippen LogP contribution in [0.25, 0.3) is 0 Å². The lowest BCUT2D eigenvalue weighted by molar-refractivity contribution is -0.137. The van der Waals surface area contributed by atoms with Crippen LogP contribution in [0.2, 0.25) is 0 Å². The highest BCUT2D eigenvalue weighted by molar-refractivity contribution is 7.99. The molecular formula is C16H26O4S. The molecule has 0 aliphatic carbocycles. The lowest BCUT2D eigenvalue weighted by Crippen LogP contribution is -2.28. The highest BCUT2D eigenvalue weighted by Crippen LogP contribution is 2.46. The molecule has 0 amide bonds. The van der Waals surface area contributed by atoms with Crippen LogP contribution in [0.4, 0.5) is 0 Å². The van der Waals surface area contributed by atoms with Crippen molar-refractivity contribution in [3.63, 3.8) is 0 Å². The third-order valence-electron chi connectivity index (χ3n) is 4.47. The first kappa shape index (κ1) is 16.8. The third-order valence-corrected chi connectivity index (χ3v) is 5.56. The second-order valence-corrected chi connectivity index (χ2v) is 7.06. The van der Waals surface area contributed by atoms with E-state index in [0.717, 1.165) is 30.8 Å². The van der Waals surface area contributed by atoms with Crippen molar-refractivity contribution < 1.29 is 19.7 Å². The Balaban J connectivity index is 1.72. The van der Waals surface area contributed by atoms with E-state index in [9.17, 15) is 4.79 Å². The smallest absolute Gasteiger partial charge is 0.303 e. The Morgan fingerprint density at radius 2 is 2.00 bits per heavy atom. The maximum Gasteiger partial charge on any atom is 0.303 e. The predicted octanol–water partition coefficient (Wildman–Crippen LogP) is 2.71. The summed E-state index contributed by atoms with van der Waals surface area (Å²) < 4.78 is 6.05. The molecule has 2 heterocycles. The van der Waals surface area contributed by atoms with E-state index >= 15 is 0 Å². The monoisotopic (exact) mass is 314 g/mol. The number of hydrogen-bond acceptors (Lipinski definition) is 4. The zero-order valence-corrected chi connectivity index (χ0v) is 13.3. The Kier molecular flexibility index (Phi) is 7.07. The molecule has 0 aromatic rings. The normalized spacial score (nSPS) is 31.3. The molecule has 0 radical (unpaired) electrons. The second kappa shape index (κ2) is 8.81. The summed E-state index contributed by atoms with van der Waals surface area (Å²) in [7, 11) is 0. The van der Waals surface area contributed by atoms with Crippen LogP contribution >= 0.6 is 11.8 Å². The third kappa shape index (κ3) is 5.01. The number of carbonyl (C=O) groups is 1. The number of thioether (sulfide) groups is 1. The minimum atomic E-state index is -0.717. The summed E-state index contributed by atoms with van der Waals surface area (Å²) in [6.45, 7) is 0.250. The Labute approximate surface area is 130 Å². The van der Waals surface area contributed by atoms with Gasteiger partial charge in [0.15, 0.2) is 0 Å². The van der Waals surface area contributed by atoms with Crippen molar-refractivity contribution in [3.05, 3.63) is 12.2 Å². The van der Waals surface area contributed by atoms with E-state index in [1.165, 1.54) is 12.8 Å². The number of unbranched alkanes of at least 4 members (excludes halogenated alkanes) is 1. The molecule has 0 saturated carbocycles. The Bertz CT molecular complexity index is 358. The van der Waals surface area contributed by atoms with Gasteiger partial charge < -0.3 is 14.9 Å². The molecule has 0 aromatic carbocycles. The van der Waals surface area contributed by atoms with Crippen LogP contribution in [-0.4, -0.2) is 46.5 Å². The van der Waals surface area contributed by atoms with Crippen molar-refractivity contribution in [3.8, 4) is 0 Å². The minimum absolute atomic E-state index is 0.250. The first-order valence-corrected chi connectivity index (χ1v) is 9.08. The molecule has 2 bridgehead atoms. The summed E-state index contributed by atoms with van der Waals surface area (Å²) >= 11 is 1.83. The maximum atomic E-state index is 10.4. The number of carboxylic acid groups (broad SMARTS) is 1. The first-order chi connectivity index (χ1) is 10.2. The summed E-state index contributed by atoms with van der Waals surface area (Å²) in [5.41, 5.74) is 0. The number of allylic oxidation sites excluding steroid dienone is 2. The van der Waals surface area contributed by atoms with E-state index < -0.39 is 5.97 Å². The van der Waals surface area contributed by atoms with Gasteiger partial charge in [-0.2, -0.15) is 11.8 Å². The fourth-order valence-electron chi connectivity index (χ4n) is 3.45. The van der Waals surface area contributed by atoms with Crippen molar-refractivity contribution in [2.45, 2.75) is 50.7 Å². The fraction of sp³-hybridized carbons (Fsp3) is 0.812. The number of aliphatic hydroxyl groups excluding tert-OH is 1. The van der Waals surface area contributed by atoms with E-state index in [2.05, 4.69) is 12.2 Å². The van der Waals surface area contributed by atoms with Gasteiger partial charge in [0, 0.05) is 12.2 Å². The molecule has 0 spiro atoms. The van der Waals surface area contributed by atoms with Gasteiger partial charge in [0.05, 0.1) is 18.8 Å². The van der Waals surface area contributed by atoms with Crippen LogP contribution in [-0.2, 0) is 9.53 Å². The molecule has 5 heteroatoms. The van der Waals surface area contributed by atoms with Gasteiger partial charge in [-0.1, -0.05) is 12.2 Å². The average molecular weight is 314 g/mol. The van der Waals surface area contributed by atoms with Crippen LogP contribution in [0.15, 0.2) is 12.2 Å². The molecule has 2 rings (SSSR count). The fourth-order valence-corrected chi connectivity index (χ4v) is 4.48. The molecule has 2 saturated heterocycles. The lowest BCUT2D eigenvalue weighted by atomic mass is 9.78. The molecule has 2 fully saturated rings. The van der Waals surface area contributed by atoms with Crippen LogP contribution in [0.1, 0.15) is 38.5 Å². The minimum Gasteiger partial charge on any atom is -0.481 e. The Morgan fingerprint density at radius 3 is 2.71 bits per heavy atom. The average Bonchev–Trinajstić information content (AvgIpc) is 3.04. The van der Waals surface area contributed by atoms with Gasteiger partial charge in [0.1, 0.15) is 0 Å². The molecule has 4 nitrogen and oxygen atoms in total. The van der Waals surface area contributed by atoms with E-state index in [-0.39, 0.29) is 13.0 Å². The van der Waals surface area contributed by atoms with Crippen molar-refractivity contribution in [2.24, 2.45) is 11.8 Å². The SMILES string of the molecule is O=C(O)CCC/C=C\C[C@@H]1[C@H](CSCCO)[C@@H]2CC[C@H]1O2. The number of hydrogen-bond donors (Lipinski definition) is 2. The Hall–Kier alpha value is -0.520. The number of carboxylic acids is 1. The summed E-state index contributed by atoms with van der Waals surface area (Å²) in [6.07, 6.45) is 10.4. The highest BCUT2D eigenvalue weighted by atomic mass is 32.2. The second-order valence-electron chi connectivity index (χ2n) is 5.91. The van der Waals surface area contributed by atoms with Crippen molar-refractivity contribution >= 4 is 17.7 Å².